The minimum absolute atomic E-state index is 0.0134. The first-order chi connectivity index (χ1) is 10.3. The molecule has 3 heterocycles. The van der Waals surface area contributed by atoms with E-state index in [-0.39, 0.29) is 5.84 Å². The molecule has 0 aliphatic heterocycles. The lowest BCUT2D eigenvalue weighted by molar-refractivity contribution is 0.318. The number of H-pyrrole nitrogens is 1. The van der Waals surface area contributed by atoms with Gasteiger partial charge in [0.15, 0.2) is 11.5 Å². The summed E-state index contributed by atoms with van der Waals surface area (Å²) in [4.78, 5) is 19.5. The molecule has 3 aromatic rings. The third-order valence-corrected chi connectivity index (χ3v) is 3.83. The van der Waals surface area contributed by atoms with Crippen molar-refractivity contribution >= 4 is 28.8 Å². The van der Waals surface area contributed by atoms with Crippen LogP contribution in [-0.2, 0) is 5.75 Å². The minimum Gasteiger partial charge on any atom is -0.409 e. The van der Waals surface area contributed by atoms with E-state index in [1.54, 1.807) is 18.6 Å². The normalized spacial score (nSPS) is 11.9. The van der Waals surface area contributed by atoms with Crippen molar-refractivity contribution in [3.8, 4) is 0 Å². The van der Waals surface area contributed by atoms with Crippen LogP contribution in [-0.4, -0.2) is 36.0 Å². The van der Waals surface area contributed by atoms with Crippen LogP contribution >= 0.6 is 11.8 Å². The van der Waals surface area contributed by atoms with E-state index in [2.05, 4.69) is 30.1 Å². The molecular weight excluding hydrogens is 290 g/mol. The van der Waals surface area contributed by atoms with Gasteiger partial charge in [-0.05, 0) is 11.6 Å². The third kappa shape index (κ3) is 2.63. The molecule has 0 aromatic carbocycles. The lowest BCUT2D eigenvalue weighted by Gasteiger charge is -2.06. The number of nitrogens with zero attached hydrogens (tertiary/aromatic N) is 5. The summed E-state index contributed by atoms with van der Waals surface area (Å²) in [5.74, 6) is 0.561. The van der Waals surface area contributed by atoms with Crippen LogP contribution in [0.4, 0.5) is 0 Å². The summed E-state index contributed by atoms with van der Waals surface area (Å²) in [5.41, 5.74) is 8.35. The second kappa shape index (κ2) is 5.75. The van der Waals surface area contributed by atoms with E-state index in [1.807, 2.05) is 6.07 Å². The Morgan fingerprint density at radius 3 is 3.10 bits per heavy atom. The molecule has 21 heavy (non-hydrogen) atoms. The lowest BCUT2D eigenvalue weighted by Crippen LogP contribution is -2.17. The van der Waals surface area contributed by atoms with Gasteiger partial charge in [0.25, 0.3) is 0 Å². The minimum atomic E-state index is -0.0134. The van der Waals surface area contributed by atoms with Crippen molar-refractivity contribution in [2.45, 2.75) is 10.8 Å². The molecule has 0 unspecified atom stereocenters. The Kier molecular flexibility index (Phi) is 3.65. The number of rotatable bonds is 4. The van der Waals surface area contributed by atoms with Gasteiger partial charge in [-0.1, -0.05) is 23.0 Å². The van der Waals surface area contributed by atoms with Crippen LogP contribution in [0.15, 0.2) is 41.2 Å². The van der Waals surface area contributed by atoms with Crippen molar-refractivity contribution in [2.75, 3.05) is 0 Å². The molecule has 0 atom stereocenters. The fourth-order valence-electron chi connectivity index (χ4n) is 1.83. The first kappa shape index (κ1) is 13.3. The van der Waals surface area contributed by atoms with Crippen molar-refractivity contribution in [2.24, 2.45) is 10.9 Å². The molecule has 0 aliphatic rings. The highest BCUT2D eigenvalue weighted by atomic mass is 32.2. The summed E-state index contributed by atoms with van der Waals surface area (Å²) in [6, 6.07) is 3.68. The summed E-state index contributed by atoms with van der Waals surface area (Å²) in [5, 5.41) is 12.6. The molecule has 9 heteroatoms. The quantitative estimate of drug-likeness (QED) is 0.165. The molecule has 0 radical (unpaired) electrons. The molecule has 0 saturated heterocycles. The van der Waals surface area contributed by atoms with Crippen molar-refractivity contribution in [1.82, 2.24) is 24.9 Å². The van der Waals surface area contributed by atoms with Crippen LogP contribution in [0.25, 0.3) is 11.2 Å². The number of nitrogens with one attached hydrogen (secondary N) is 1. The highest BCUT2D eigenvalue weighted by Crippen LogP contribution is 2.26. The molecule has 3 rings (SSSR count). The summed E-state index contributed by atoms with van der Waals surface area (Å²) in [6.45, 7) is 0. The fourth-order valence-corrected chi connectivity index (χ4v) is 2.77. The fraction of sp³-hybridized carbons (Fsp3) is 0.0833. The monoisotopic (exact) mass is 301 g/mol. The van der Waals surface area contributed by atoms with Gasteiger partial charge in [-0.3, -0.25) is 4.98 Å². The Bertz CT molecular complexity index is 801. The van der Waals surface area contributed by atoms with Gasteiger partial charge in [0, 0.05) is 11.9 Å². The maximum atomic E-state index is 8.79. The van der Waals surface area contributed by atoms with Crippen LogP contribution in [0.3, 0.4) is 0 Å². The van der Waals surface area contributed by atoms with E-state index in [4.69, 9.17) is 10.9 Å². The number of hydrogen-bond donors (Lipinski definition) is 3. The second-order valence-corrected chi connectivity index (χ2v) is 5.03. The number of fused-ring (bicyclic) bond motifs is 1. The van der Waals surface area contributed by atoms with Crippen molar-refractivity contribution < 1.29 is 5.21 Å². The predicted molar refractivity (Wildman–Crippen MR) is 78.0 cm³/mol. The van der Waals surface area contributed by atoms with E-state index >= 15 is 0 Å². The van der Waals surface area contributed by atoms with Gasteiger partial charge in [0.2, 0.25) is 0 Å². The van der Waals surface area contributed by atoms with Gasteiger partial charge in [-0.2, -0.15) is 0 Å². The Balaban J connectivity index is 1.87. The first-order valence-corrected chi connectivity index (χ1v) is 6.97. The number of thioether (sulfide) groups is 1. The molecule has 0 bridgehead atoms. The molecule has 8 nitrogen and oxygen atoms in total. The average molecular weight is 301 g/mol. The zero-order chi connectivity index (χ0) is 14.7. The van der Waals surface area contributed by atoms with Crippen LogP contribution in [0, 0.1) is 0 Å². The highest BCUT2D eigenvalue weighted by Gasteiger charge is 2.11. The number of aromatic nitrogens is 5. The molecule has 0 spiro atoms. The van der Waals surface area contributed by atoms with Crippen molar-refractivity contribution in [3.63, 3.8) is 0 Å². The number of aromatic amines is 1. The Morgan fingerprint density at radius 1 is 1.33 bits per heavy atom. The number of pyridine rings is 1. The van der Waals surface area contributed by atoms with E-state index < -0.39 is 0 Å². The first-order valence-electron chi connectivity index (χ1n) is 5.98. The van der Waals surface area contributed by atoms with Crippen LogP contribution < -0.4 is 5.73 Å². The Labute approximate surface area is 123 Å². The SMILES string of the molecule is NC(=NO)c1ncccc1CSc1ncnc2nc[nH]c12. The molecule has 0 saturated carbocycles. The molecule has 0 amide bonds. The topological polar surface area (TPSA) is 126 Å². The number of oxime groups is 1. The molecule has 0 aliphatic carbocycles. The zero-order valence-electron chi connectivity index (χ0n) is 10.8. The Hall–Kier alpha value is -2.68. The number of imidazole rings is 1. The number of amidine groups is 1. The van der Waals surface area contributed by atoms with Crippen LogP contribution in [0.1, 0.15) is 11.3 Å². The predicted octanol–water partition coefficient (Wildman–Crippen LogP) is 1.13. The molecule has 4 N–H and O–H groups in total. The molecule has 106 valence electrons. The Morgan fingerprint density at radius 2 is 2.24 bits per heavy atom. The third-order valence-electron chi connectivity index (χ3n) is 2.79. The maximum absolute atomic E-state index is 8.79. The van der Waals surface area contributed by atoms with Gasteiger partial charge in [-0.25, -0.2) is 15.0 Å². The van der Waals surface area contributed by atoms with Crippen LogP contribution in [0.2, 0.25) is 0 Å². The van der Waals surface area contributed by atoms with E-state index in [0.717, 1.165) is 16.1 Å². The van der Waals surface area contributed by atoms with Crippen LogP contribution in [0.5, 0.6) is 0 Å². The van der Waals surface area contributed by atoms with Gasteiger partial charge in [0.05, 0.1) is 6.33 Å². The average Bonchev–Trinajstić information content (AvgIpc) is 3.01. The highest BCUT2D eigenvalue weighted by molar-refractivity contribution is 7.98. The maximum Gasteiger partial charge on any atom is 0.189 e. The molecule has 0 fully saturated rings. The number of nitrogens with two attached hydrogens (primary N) is 1. The summed E-state index contributed by atoms with van der Waals surface area (Å²) < 4.78 is 0. The van der Waals surface area contributed by atoms with Crippen molar-refractivity contribution in [3.05, 3.63) is 42.2 Å². The largest absolute Gasteiger partial charge is 0.409 e. The van der Waals surface area contributed by atoms with Crippen molar-refractivity contribution in [1.29, 1.82) is 0 Å². The van der Waals surface area contributed by atoms with Gasteiger partial charge >= 0.3 is 0 Å². The second-order valence-electron chi connectivity index (χ2n) is 4.07. The van der Waals surface area contributed by atoms with E-state index in [1.165, 1.54) is 18.1 Å². The number of hydrogen-bond acceptors (Lipinski definition) is 7. The van der Waals surface area contributed by atoms with E-state index in [9.17, 15) is 0 Å². The van der Waals surface area contributed by atoms with Gasteiger partial charge in [-0.15, -0.1) is 0 Å². The standard InChI is InChI=1S/C12H11N7OS/c13-10(19-20)8-7(2-1-3-14-8)4-21-12-9-11(16-5-15-9)17-6-18-12/h1-3,5-6,20H,4H2,(H2,13,19)(H,15,16,17,18). The lowest BCUT2D eigenvalue weighted by atomic mass is 10.2. The molecule has 3 aromatic heterocycles. The van der Waals surface area contributed by atoms with Gasteiger partial charge in [0.1, 0.15) is 22.6 Å². The summed E-state index contributed by atoms with van der Waals surface area (Å²) in [6.07, 6.45) is 4.65. The van der Waals surface area contributed by atoms with Gasteiger partial charge < -0.3 is 15.9 Å². The summed E-state index contributed by atoms with van der Waals surface area (Å²) in [7, 11) is 0. The van der Waals surface area contributed by atoms with E-state index in [0.29, 0.717) is 17.1 Å². The summed E-state index contributed by atoms with van der Waals surface area (Å²) >= 11 is 1.50. The zero-order valence-corrected chi connectivity index (χ0v) is 11.6. The molecular formula is C12H11N7OS. The smallest absolute Gasteiger partial charge is 0.189 e.